The van der Waals surface area contributed by atoms with E-state index in [0.29, 0.717) is 18.0 Å². The molecule has 0 aliphatic heterocycles. The van der Waals surface area contributed by atoms with Crippen LogP contribution in [-0.4, -0.2) is 28.4 Å². The van der Waals surface area contributed by atoms with E-state index >= 15 is 0 Å². The summed E-state index contributed by atoms with van der Waals surface area (Å²) in [4.78, 5) is 17.6. The number of nitrogens with zero attached hydrogens (tertiary/aromatic N) is 3. The molecule has 0 aliphatic rings. The minimum Gasteiger partial charge on any atom is -0.366 e. The van der Waals surface area contributed by atoms with Gasteiger partial charge >= 0.3 is 0 Å². The Kier molecular flexibility index (Phi) is 7.52. The van der Waals surface area contributed by atoms with Crippen LogP contribution in [-0.2, 0) is 17.8 Å². The van der Waals surface area contributed by atoms with Crippen LogP contribution in [0.25, 0.3) is 28.0 Å². The lowest BCUT2D eigenvalue weighted by atomic mass is 10.0. The van der Waals surface area contributed by atoms with E-state index in [2.05, 4.69) is 40.0 Å². The van der Waals surface area contributed by atoms with Crippen LogP contribution in [0.1, 0.15) is 11.1 Å². The molecule has 1 amide bonds. The first-order chi connectivity index (χ1) is 20.0. The van der Waals surface area contributed by atoms with Gasteiger partial charge < -0.3 is 10.6 Å². The first kappa shape index (κ1) is 26.4. The molecule has 0 bridgehead atoms. The summed E-state index contributed by atoms with van der Waals surface area (Å²) in [5, 5.41) is 11.7. The Morgan fingerprint density at radius 1 is 0.829 bits per heavy atom. The third-order valence-electron chi connectivity index (χ3n) is 6.91. The summed E-state index contributed by atoms with van der Waals surface area (Å²) in [5.74, 6) is 0.737. The number of rotatable bonds is 8. The van der Waals surface area contributed by atoms with Gasteiger partial charge in [-0.05, 0) is 45.9 Å². The van der Waals surface area contributed by atoms with E-state index < -0.39 is 0 Å². The fraction of sp³-hybridized carbons (Fsp3) is 0.0606. The van der Waals surface area contributed by atoms with E-state index in [1.807, 2.05) is 92.8 Å². The standard InChI is InChI=1S/C33H27BClN5O/c34-28-21-37-40-31(19-30(39-33(28)40)27-11-4-5-12-29(27)35)36-20-23-7-6-10-26(17-23)38-32(41)18-22-13-15-25(16-14-22)24-8-2-1-3-9-24/h1-17,19,21,36H,18,20,34H2,(H,38,41). The monoisotopic (exact) mass is 555 g/mol. The highest BCUT2D eigenvalue weighted by Crippen LogP contribution is 2.28. The maximum absolute atomic E-state index is 12.8. The average Bonchev–Trinajstić information content (AvgIpc) is 3.37. The number of hydrogen-bond acceptors (Lipinski definition) is 4. The van der Waals surface area contributed by atoms with Crippen LogP contribution in [0.2, 0.25) is 5.02 Å². The number of aromatic nitrogens is 3. The van der Waals surface area contributed by atoms with E-state index in [4.69, 9.17) is 16.6 Å². The van der Waals surface area contributed by atoms with Crippen molar-refractivity contribution in [3.05, 3.63) is 132 Å². The van der Waals surface area contributed by atoms with Crippen molar-refractivity contribution in [3.63, 3.8) is 0 Å². The third kappa shape index (κ3) is 6.00. The second kappa shape index (κ2) is 11.7. The van der Waals surface area contributed by atoms with Crippen molar-refractivity contribution in [1.82, 2.24) is 14.6 Å². The summed E-state index contributed by atoms with van der Waals surface area (Å²) >= 11 is 6.47. The molecule has 6 rings (SSSR count). The first-order valence-corrected chi connectivity index (χ1v) is 13.8. The first-order valence-electron chi connectivity index (χ1n) is 13.4. The second-order valence-electron chi connectivity index (χ2n) is 9.91. The molecule has 6 aromatic rings. The van der Waals surface area contributed by atoms with Crippen LogP contribution in [0.4, 0.5) is 11.5 Å². The van der Waals surface area contributed by atoms with Gasteiger partial charge in [-0.3, -0.25) is 4.79 Å². The normalized spacial score (nSPS) is 11.0. The molecule has 0 saturated heterocycles. The minimum atomic E-state index is -0.0604. The summed E-state index contributed by atoms with van der Waals surface area (Å²) in [6.45, 7) is 0.532. The molecule has 0 saturated carbocycles. The van der Waals surface area contributed by atoms with Crippen LogP contribution >= 0.6 is 11.6 Å². The van der Waals surface area contributed by atoms with Gasteiger partial charge in [0, 0.05) is 35.1 Å². The van der Waals surface area contributed by atoms with Crippen molar-refractivity contribution < 1.29 is 4.79 Å². The van der Waals surface area contributed by atoms with Crippen molar-refractivity contribution in [1.29, 1.82) is 0 Å². The number of carbonyl (C=O) groups is 1. The van der Waals surface area contributed by atoms with E-state index in [1.54, 1.807) is 10.7 Å². The smallest absolute Gasteiger partial charge is 0.228 e. The number of nitrogens with one attached hydrogen (secondary N) is 2. The lowest BCUT2D eigenvalue weighted by Crippen LogP contribution is -2.14. The van der Waals surface area contributed by atoms with Crippen LogP contribution in [0.5, 0.6) is 0 Å². The fourth-order valence-corrected chi connectivity index (χ4v) is 5.03. The van der Waals surface area contributed by atoms with Crippen molar-refractivity contribution in [2.24, 2.45) is 0 Å². The highest BCUT2D eigenvalue weighted by atomic mass is 35.5. The van der Waals surface area contributed by atoms with Crippen LogP contribution in [0.3, 0.4) is 0 Å². The molecule has 0 aliphatic carbocycles. The van der Waals surface area contributed by atoms with Crippen LogP contribution < -0.4 is 16.1 Å². The quantitative estimate of drug-likeness (QED) is 0.234. The molecule has 2 aromatic heterocycles. The Balaban J connectivity index is 1.14. The van der Waals surface area contributed by atoms with Gasteiger partial charge in [-0.25, -0.2) is 4.98 Å². The van der Waals surface area contributed by atoms with Gasteiger partial charge in [-0.1, -0.05) is 96.5 Å². The van der Waals surface area contributed by atoms with Crippen LogP contribution in [0, 0.1) is 0 Å². The van der Waals surface area contributed by atoms with Gasteiger partial charge in [0.2, 0.25) is 5.91 Å². The van der Waals surface area contributed by atoms with Crippen molar-refractivity contribution in [3.8, 4) is 22.4 Å². The zero-order valence-electron chi connectivity index (χ0n) is 22.5. The Morgan fingerprint density at radius 3 is 2.39 bits per heavy atom. The number of hydrogen-bond donors (Lipinski definition) is 2. The average molecular weight is 556 g/mol. The molecule has 0 spiro atoms. The molecule has 4 aromatic carbocycles. The van der Waals surface area contributed by atoms with Crippen LogP contribution in [0.15, 0.2) is 115 Å². The zero-order valence-corrected chi connectivity index (χ0v) is 23.3. The molecule has 0 unspecified atom stereocenters. The summed E-state index contributed by atoms with van der Waals surface area (Å²) < 4.78 is 1.80. The lowest BCUT2D eigenvalue weighted by Gasteiger charge is -2.13. The third-order valence-corrected chi connectivity index (χ3v) is 7.24. The summed E-state index contributed by atoms with van der Waals surface area (Å²) in [6, 6.07) is 35.8. The second-order valence-corrected chi connectivity index (χ2v) is 10.3. The van der Waals surface area contributed by atoms with Crippen molar-refractivity contribution >= 4 is 48.0 Å². The highest BCUT2D eigenvalue weighted by Gasteiger charge is 2.13. The predicted octanol–water partition coefficient (Wildman–Crippen LogP) is 5.77. The van der Waals surface area contributed by atoms with Gasteiger partial charge in [0.25, 0.3) is 0 Å². The van der Waals surface area contributed by atoms with E-state index in [0.717, 1.165) is 56.1 Å². The highest BCUT2D eigenvalue weighted by molar-refractivity contribution is 6.36. The molecule has 200 valence electrons. The molecular weight excluding hydrogens is 529 g/mol. The molecule has 41 heavy (non-hydrogen) atoms. The fourth-order valence-electron chi connectivity index (χ4n) is 4.79. The maximum Gasteiger partial charge on any atom is 0.228 e. The molecule has 0 atom stereocenters. The minimum absolute atomic E-state index is 0.0604. The predicted molar refractivity (Wildman–Crippen MR) is 170 cm³/mol. The van der Waals surface area contributed by atoms with Gasteiger partial charge in [0.1, 0.15) is 13.7 Å². The number of benzene rings is 4. The van der Waals surface area contributed by atoms with E-state index in [1.165, 1.54) is 0 Å². The molecule has 0 fully saturated rings. The summed E-state index contributed by atoms with van der Waals surface area (Å²) in [7, 11) is 1.99. The lowest BCUT2D eigenvalue weighted by molar-refractivity contribution is -0.115. The molecule has 2 N–H and O–H groups in total. The number of carbonyl (C=O) groups excluding carboxylic acids is 1. The topological polar surface area (TPSA) is 71.3 Å². The summed E-state index contributed by atoms with van der Waals surface area (Å²) in [5.41, 5.74) is 8.39. The largest absolute Gasteiger partial charge is 0.366 e. The Morgan fingerprint density at radius 2 is 1.59 bits per heavy atom. The SMILES string of the molecule is Bc1cnn2c(NCc3cccc(NC(=O)Cc4ccc(-c5ccccc5)cc4)c3)cc(-c3ccccc3Cl)nc12. The van der Waals surface area contributed by atoms with Gasteiger partial charge in [-0.2, -0.15) is 9.61 Å². The number of anilines is 2. The Bertz CT molecular complexity index is 1840. The van der Waals surface area contributed by atoms with E-state index in [-0.39, 0.29) is 5.91 Å². The molecule has 0 radical (unpaired) electrons. The van der Waals surface area contributed by atoms with E-state index in [9.17, 15) is 4.79 Å². The number of fused-ring (bicyclic) bond motifs is 1. The van der Waals surface area contributed by atoms with Gasteiger partial charge in [0.05, 0.1) is 12.1 Å². The van der Waals surface area contributed by atoms with Crippen molar-refractivity contribution in [2.45, 2.75) is 13.0 Å². The summed E-state index contributed by atoms with van der Waals surface area (Å²) in [6.07, 6.45) is 2.10. The van der Waals surface area contributed by atoms with Gasteiger partial charge in [-0.15, -0.1) is 0 Å². The molecule has 2 heterocycles. The number of amides is 1. The van der Waals surface area contributed by atoms with Gasteiger partial charge in [0.15, 0.2) is 5.65 Å². The maximum atomic E-state index is 12.8. The Labute approximate surface area is 244 Å². The number of halogens is 1. The molecular formula is C33H27BClN5O. The van der Waals surface area contributed by atoms with Crippen molar-refractivity contribution in [2.75, 3.05) is 10.6 Å². The molecule has 6 nitrogen and oxygen atoms in total. The Hall–Kier alpha value is -4.88. The molecule has 8 heteroatoms. The zero-order chi connectivity index (χ0) is 28.2.